The molecule has 1 rings (SSSR count). The van der Waals surface area contributed by atoms with Crippen LogP contribution in [-0.2, 0) is 56.8 Å². The zero-order valence-electron chi connectivity index (χ0n) is 30.0. The van der Waals surface area contributed by atoms with Crippen LogP contribution >= 0.6 is 0 Å². The van der Waals surface area contributed by atoms with Crippen molar-refractivity contribution in [2.75, 3.05) is 171 Å². The highest BCUT2D eigenvalue weighted by atomic mass is 16.6. The van der Waals surface area contributed by atoms with Crippen LogP contribution in [-0.4, -0.2) is 165 Å². The Bertz CT molecular complexity index is 781. The van der Waals surface area contributed by atoms with Crippen molar-refractivity contribution in [1.82, 2.24) is 0 Å². The van der Waals surface area contributed by atoms with Crippen molar-refractivity contribution in [2.24, 2.45) is 0 Å². The van der Waals surface area contributed by atoms with Crippen LogP contribution in [0.25, 0.3) is 0 Å². The molecule has 1 aromatic carbocycles. The van der Waals surface area contributed by atoms with E-state index in [1.807, 2.05) is 18.2 Å². The van der Waals surface area contributed by atoms with E-state index in [1.54, 1.807) is 6.07 Å². The van der Waals surface area contributed by atoms with Crippen molar-refractivity contribution in [1.29, 1.82) is 0 Å². The zero-order valence-corrected chi connectivity index (χ0v) is 30.0. The highest BCUT2D eigenvalue weighted by Gasteiger charge is 1.99. The molecule has 288 valence electrons. The van der Waals surface area contributed by atoms with E-state index in [-0.39, 0.29) is 0 Å². The van der Waals surface area contributed by atoms with Gasteiger partial charge in [0.15, 0.2) is 0 Å². The molecule has 0 bridgehead atoms. The number of para-hydroxylation sites is 2. The van der Waals surface area contributed by atoms with Crippen molar-refractivity contribution >= 4 is 5.69 Å². The minimum absolute atomic E-state index is 0.438. The van der Waals surface area contributed by atoms with Crippen LogP contribution in [0.1, 0.15) is 26.2 Å². The second-order valence-corrected chi connectivity index (χ2v) is 10.4. The molecule has 0 aliphatic heterocycles. The maximum Gasteiger partial charge on any atom is 0.142 e. The number of nitrogens with two attached hydrogens (primary N) is 1. The smallest absolute Gasteiger partial charge is 0.142 e. The van der Waals surface area contributed by atoms with Crippen LogP contribution in [0.3, 0.4) is 0 Å². The SMILES string of the molecule is CCCCCOCCOCCOCCOCCOCCOCCOCCOCCOCCOCCOCCOCCOc1ccccc1N. The Morgan fingerprint density at radius 3 is 0.898 bits per heavy atom. The Morgan fingerprint density at radius 2 is 0.612 bits per heavy atom. The highest BCUT2D eigenvalue weighted by Crippen LogP contribution is 2.19. The number of unbranched alkanes of at least 4 members (excludes halogenated alkanes) is 2. The lowest BCUT2D eigenvalue weighted by Gasteiger charge is -2.10. The Kier molecular flexibility index (Phi) is 36.2. The summed E-state index contributed by atoms with van der Waals surface area (Å²) in [5.41, 5.74) is 6.44. The van der Waals surface area contributed by atoms with E-state index >= 15 is 0 Å². The predicted molar refractivity (Wildman–Crippen MR) is 186 cm³/mol. The van der Waals surface area contributed by atoms with Gasteiger partial charge in [0, 0.05) is 6.61 Å². The predicted octanol–water partition coefficient (Wildman–Crippen LogP) is 3.04. The summed E-state index contributed by atoms with van der Waals surface area (Å²) in [6.45, 7) is 15.5. The minimum Gasteiger partial charge on any atom is -0.489 e. The van der Waals surface area contributed by atoms with E-state index in [0.29, 0.717) is 170 Å². The molecule has 0 saturated heterocycles. The van der Waals surface area contributed by atoms with Gasteiger partial charge in [0.1, 0.15) is 12.4 Å². The fourth-order valence-corrected chi connectivity index (χ4v) is 3.80. The Morgan fingerprint density at radius 1 is 0.347 bits per heavy atom. The van der Waals surface area contributed by atoms with Gasteiger partial charge in [0.25, 0.3) is 0 Å². The first-order valence-corrected chi connectivity index (χ1v) is 17.7. The zero-order chi connectivity index (χ0) is 35.0. The summed E-state index contributed by atoms with van der Waals surface area (Å²) in [6, 6.07) is 7.38. The average Bonchev–Trinajstić information content (AvgIpc) is 3.11. The molecule has 0 spiro atoms. The van der Waals surface area contributed by atoms with Crippen LogP contribution < -0.4 is 10.5 Å². The molecule has 0 radical (unpaired) electrons. The Hall–Kier alpha value is -1.66. The maximum atomic E-state index is 5.82. The molecule has 14 nitrogen and oxygen atoms in total. The van der Waals surface area contributed by atoms with Gasteiger partial charge in [0.05, 0.1) is 158 Å². The molecule has 14 heteroatoms. The normalized spacial score (nSPS) is 11.4. The molecule has 1 aromatic rings. The molecule has 0 aromatic heterocycles. The third kappa shape index (κ3) is 34.6. The van der Waals surface area contributed by atoms with Crippen LogP contribution in [0.4, 0.5) is 5.69 Å². The van der Waals surface area contributed by atoms with E-state index in [4.69, 9.17) is 67.3 Å². The molecule has 0 amide bonds. The number of benzene rings is 1. The van der Waals surface area contributed by atoms with Crippen LogP contribution in [0.15, 0.2) is 24.3 Å². The second-order valence-electron chi connectivity index (χ2n) is 10.4. The highest BCUT2D eigenvalue weighted by molar-refractivity contribution is 5.51. The molecule has 2 N–H and O–H groups in total. The van der Waals surface area contributed by atoms with Gasteiger partial charge in [-0.15, -0.1) is 0 Å². The lowest BCUT2D eigenvalue weighted by Crippen LogP contribution is -2.15. The van der Waals surface area contributed by atoms with Gasteiger partial charge in [-0.05, 0) is 18.6 Å². The largest absolute Gasteiger partial charge is 0.489 e. The lowest BCUT2D eigenvalue weighted by molar-refractivity contribution is -0.0285. The third-order valence-electron chi connectivity index (χ3n) is 6.39. The van der Waals surface area contributed by atoms with Gasteiger partial charge in [-0.2, -0.15) is 0 Å². The maximum absolute atomic E-state index is 5.82. The molecular formula is C35H65NO13. The average molecular weight is 708 g/mol. The number of ether oxygens (including phenoxy) is 13. The summed E-state index contributed by atoms with van der Waals surface area (Å²) in [6.07, 6.45) is 3.54. The first-order chi connectivity index (χ1) is 24.3. The van der Waals surface area contributed by atoms with Gasteiger partial charge >= 0.3 is 0 Å². The molecule has 49 heavy (non-hydrogen) atoms. The van der Waals surface area contributed by atoms with E-state index in [9.17, 15) is 0 Å². The summed E-state index contributed by atoms with van der Waals surface area (Å²) in [7, 11) is 0. The van der Waals surface area contributed by atoms with Gasteiger partial charge in [-0.25, -0.2) is 0 Å². The summed E-state index contributed by atoms with van der Waals surface area (Å²) in [4.78, 5) is 0. The van der Waals surface area contributed by atoms with Gasteiger partial charge < -0.3 is 67.3 Å². The Labute approximate surface area is 294 Å². The molecule has 0 aliphatic carbocycles. The molecule has 0 fully saturated rings. The van der Waals surface area contributed by atoms with Crippen molar-refractivity contribution in [3.63, 3.8) is 0 Å². The molecular weight excluding hydrogens is 642 g/mol. The first-order valence-electron chi connectivity index (χ1n) is 17.7. The van der Waals surface area contributed by atoms with Crippen molar-refractivity contribution in [3.05, 3.63) is 24.3 Å². The number of anilines is 1. The number of hydrogen-bond donors (Lipinski definition) is 1. The van der Waals surface area contributed by atoms with E-state index < -0.39 is 0 Å². The van der Waals surface area contributed by atoms with Crippen LogP contribution in [0, 0.1) is 0 Å². The number of rotatable bonds is 41. The van der Waals surface area contributed by atoms with Crippen LogP contribution in [0.5, 0.6) is 5.75 Å². The first kappa shape index (κ1) is 45.4. The van der Waals surface area contributed by atoms with Crippen molar-refractivity contribution in [3.8, 4) is 5.75 Å². The van der Waals surface area contributed by atoms with Crippen molar-refractivity contribution < 1.29 is 61.6 Å². The minimum atomic E-state index is 0.438. The molecule has 0 atom stereocenters. The van der Waals surface area contributed by atoms with Crippen LogP contribution in [0.2, 0.25) is 0 Å². The van der Waals surface area contributed by atoms with E-state index in [0.717, 1.165) is 13.0 Å². The third-order valence-corrected chi connectivity index (χ3v) is 6.39. The topological polar surface area (TPSA) is 146 Å². The molecule has 0 aliphatic rings. The quantitative estimate of drug-likeness (QED) is 0.0786. The summed E-state index contributed by atoms with van der Waals surface area (Å²) >= 11 is 0. The second kappa shape index (κ2) is 39.1. The summed E-state index contributed by atoms with van der Waals surface area (Å²) in [5, 5.41) is 0. The summed E-state index contributed by atoms with van der Waals surface area (Å²) in [5.74, 6) is 0.669. The van der Waals surface area contributed by atoms with Gasteiger partial charge in [0.2, 0.25) is 0 Å². The molecule has 0 saturated carbocycles. The molecule has 0 heterocycles. The lowest BCUT2D eigenvalue weighted by atomic mass is 10.3. The fraction of sp³-hybridized carbons (Fsp3) is 0.829. The monoisotopic (exact) mass is 707 g/mol. The summed E-state index contributed by atoms with van der Waals surface area (Å²) < 4.78 is 71.4. The Balaban J connectivity index is 1.62. The van der Waals surface area contributed by atoms with E-state index in [1.165, 1.54) is 12.8 Å². The number of hydrogen-bond acceptors (Lipinski definition) is 14. The van der Waals surface area contributed by atoms with Crippen molar-refractivity contribution in [2.45, 2.75) is 26.2 Å². The van der Waals surface area contributed by atoms with E-state index in [2.05, 4.69) is 6.92 Å². The van der Waals surface area contributed by atoms with Gasteiger partial charge in [-0.1, -0.05) is 31.9 Å². The standard InChI is InChI=1S/C35H65NO13/c1-2-3-6-9-37-10-11-38-12-13-39-14-15-40-16-17-41-18-19-42-20-21-43-22-23-44-24-25-45-26-27-46-28-29-47-30-31-48-32-33-49-35-8-5-4-7-34(35)36/h4-5,7-8H,2-3,6,9-33,36H2,1H3. The molecule has 0 unspecified atom stereocenters. The number of nitrogen functional groups attached to an aromatic ring is 1. The van der Waals surface area contributed by atoms with Gasteiger partial charge in [-0.3, -0.25) is 0 Å². The fourth-order valence-electron chi connectivity index (χ4n) is 3.80.